The van der Waals surface area contributed by atoms with Crippen molar-refractivity contribution in [2.75, 3.05) is 13.6 Å². The standard InChI is InChI=1S/C19H25NO3/c1-11-8-12(2)15(13(3)9-11)16-14(10-20(7)17(16)21)23-18(22)19(4,5)6/h8-9H,10H2,1-7H3. The minimum atomic E-state index is -0.611. The van der Waals surface area contributed by atoms with E-state index in [1.54, 1.807) is 32.7 Å². The molecule has 2 rings (SSSR count). The fourth-order valence-electron chi connectivity index (χ4n) is 2.85. The third-order valence-corrected chi connectivity index (χ3v) is 3.98. The summed E-state index contributed by atoms with van der Waals surface area (Å²) in [6, 6.07) is 4.09. The minimum absolute atomic E-state index is 0.100. The number of hydrogen-bond donors (Lipinski definition) is 0. The number of likely N-dealkylation sites (N-methyl/N-ethyl adjacent to an activating group) is 1. The van der Waals surface area contributed by atoms with Gasteiger partial charge in [-0.1, -0.05) is 17.7 Å². The highest BCUT2D eigenvalue weighted by Gasteiger charge is 2.35. The molecule has 0 N–H and O–H groups in total. The van der Waals surface area contributed by atoms with Gasteiger partial charge in [0.05, 0.1) is 17.5 Å². The van der Waals surface area contributed by atoms with Gasteiger partial charge >= 0.3 is 5.97 Å². The van der Waals surface area contributed by atoms with E-state index in [2.05, 4.69) is 0 Å². The molecular weight excluding hydrogens is 290 g/mol. The molecule has 0 aliphatic carbocycles. The van der Waals surface area contributed by atoms with Crippen molar-refractivity contribution in [3.63, 3.8) is 0 Å². The molecule has 1 amide bonds. The van der Waals surface area contributed by atoms with Crippen LogP contribution in [0.25, 0.3) is 5.57 Å². The molecule has 0 unspecified atom stereocenters. The second-order valence-corrected chi connectivity index (χ2v) is 7.37. The predicted molar refractivity (Wildman–Crippen MR) is 90.8 cm³/mol. The van der Waals surface area contributed by atoms with Crippen molar-refractivity contribution in [1.82, 2.24) is 4.90 Å². The summed E-state index contributed by atoms with van der Waals surface area (Å²) in [5, 5.41) is 0. The monoisotopic (exact) mass is 315 g/mol. The number of carbonyl (C=O) groups is 2. The molecule has 0 radical (unpaired) electrons. The molecule has 1 heterocycles. The molecule has 0 saturated heterocycles. The molecule has 0 bridgehead atoms. The van der Waals surface area contributed by atoms with Gasteiger partial charge in [0.25, 0.3) is 5.91 Å². The molecular formula is C19H25NO3. The number of benzene rings is 1. The predicted octanol–water partition coefficient (Wildman–Crippen LogP) is 3.38. The molecule has 1 aliphatic rings. The third kappa shape index (κ3) is 3.31. The SMILES string of the molecule is Cc1cc(C)c(C2=C(OC(=O)C(C)(C)C)CN(C)C2=O)c(C)c1. The first kappa shape index (κ1) is 17.3. The topological polar surface area (TPSA) is 46.6 Å². The van der Waals surface area contributed by atoms with Crippen LogP contribution in [0, 0.1) is 26.2 Å². The van der Waals surface area contributed by atoms with Crippen LogP contribution in [-0.2, 0) is 14.3 Å². The van der Waals surface area contributed by atoms with E-state index < -0.39 is 5.41 Å². The maximum atomic E-state index is 12.6. The zero-order valence-electron chi connectivity index (χ0n) is 15.0. The van der Waals surface area contributed by atoms with Gasteiger partial charge in [0.1, 0.15) is 5.76 Å². The van der Waals surface area contributed by atoms with Gasteiger partial charge in [-0.05, 0) is 58.2 Å². The van der Waals surface area contributed by atoms with Gasteiger partial charge in [0.2, 0.25) is 0 Å². The highest BCUT2D eigenvalue weighted by Crippen LogP contribution is 2.34. The lowest BCUT2D eigenvalue weighted by Gasteiger charge is -2.18. The first-order chi connectivity index (χ1) is 10.5. The molecule has 0 aromatic heterocycles. The van der Waals surface area contributed by atoms with E-state index in [9.17, 15) is 9.59 Å². The van der Waals surface area contributed by atoms with Crippen molar-refractivity contribution in [3.8, 4) is 0 Å². The van der Waals surface area contributed by atoms with Crippen molar-refractivity contribution < 1.29 is 14.3 Å². The molecule has 0 saturated carbocycles. The van der Waals surface area contributed by atoms with Gasteiger partial charge in [0.15, 0.2) is 0 Å². The first-order valence-corrected chi connectivity index (χ1v) is 7.81. The molecule has 4 nitrogen and oxygen atoms in total. The summed E-state index contributed by atoms with van der Waals surface area (Å²) in [5.41, 5.74) is 3.97. The molecule has 124 valence electrons. The molecule has 1 aliphatic heterocycles. The number of aryl methyl sites for hydroxylation is 3. The van der Waals surface area contributed by atoms with Crippen LogP contribution in [0.4, 0.5) is 0 Å². The number of esters is 1. The Kier molecular flexibility index (Phi) is 4.38. The Morgan fingerprint density at radius 1 is 1.13 bits per heavy atom. The zero-order valence-corrected chi connectivity index (χ0v) is 15.0. The lowest BCUT2D eigenvalue weighted by Crippen LogP contribution is -2.25. The van der Waals surface area contributed by atoms with Crippen molar-refractivity contribution in [1.29, 1.82) is 0 Å². The van der Waals surface area contributed by atoms with Gasteiger partial charge in [-0.15, -0.1) is 0 Å². The van der Waals surface area contributed by atoms with Crippen LogP contribution in [0.3, 0.4) is 0 Å². The van der Waals surface area contributed by atoms with E-state index in [4.69, 9.17) is 4.74 Å². The smallest absolute Gasteiger partial charge is 0.316 e. The van der Waals surface area contributed by atoms with Crippen LogP contribution in [0.15, 0.2) is 17.9 Å². The minimum Gasteiger partial charge on any atom is -0.428 e. The Morgan fingerprint density at radius 2 is 1.65 bits per heavy atom. The Balaban J connectivity index is 2.57. The van der Waals surface area contributed by atoms with E-state index in [0.717, 1.165) is 22.3 Å². The van der Waals surface area contributed by atoms with Crippen LogP contribution in [-0.4, -0.2) is 30.4 Å². The Hall–Kier alpha value is -2.10. The number of ether oxygens (including phenoxy) is 1. The summed E-state index contributed by atoms with van der Waals surface area (Å²) >= 11 is 0. The van der Waals surface area contributed by atoms with Crippen molar-refractivity contribution in [2.24, 2.45) is 5.41 Å². The number of nitrogens with zero attached hydrogens (tertiary/aromatic N) is 1. The highest BCUT2D eigenvalue weighted by molar-refractivity contribution is 6.23. The lowest BCUT2D eigenvalue weighted by atomic mass is 9.93. The average Bonchev–Trinajstić information content (AvgIpc) is 2.64. The summed E-state index contributed by atoms with van der Waals surface area (Å²) < 4.78 is 5.60. The van der Waals surface area contributed by atoms with Crippen LogP contribution in [0.1, 0.15) is 43.0 Å². The van der Waals surface area contributed by atoms with E-state index >= 15 is 0 Å². The number of rotatable bonds is 2. The van der Waals surface area contributed by atoms with E-state index in [1.807, 2.05) is 32.9 Å². The van der Waals surface area contributed by atoms with E-state index in [1.165, 1.54) is 0 Å². The van der Waals surface area contributed by atoms with Crippen molar-refractivity contribution in [2.45, 2.75) is 41.5 Å². The number of amides is 1. The maximum Gasteiger partial charge on any atom is 0.316 e. The highest BCUT2D eigenvalue weighted by atomic mass is 16.5. The third-order valence-electron chi connectivity index (χ3n) is 3.98. The molecule has 0 fully saturated rings. The van der Waals surface area contributed by atoms with Gasteiger partial charge < -0.3 is 9.64 Å². The fraction of sp³-hybridized carbons (Fsp3) is 0.474. The van der Waals surface area contributed by atoms with Crippen LogP contribution < -0.4 is 0 Å². The molecule has 0 spiro atoms. The second kappa shape index (κ2) is 5.84. The summed E-state index contributed by atoms with van der Waals surface area (Å²) in [6.07, 6.45) is 0. The molecule has 23 heavy (non-hydrogen) atoms. The lowest BCUT2D eigenvalue weighted by molar-refractivity contribution is -0.148. The van der Waals surface area contributed by atoms with Crippen LogP contribution in [0.2, 0.25) is 0 Å². The Labute approximate surface area is 138 Å². The average molecular weight is 315 g/mol. The quantitative estimate of drug-likeness (QED) is 0.786. The Bertz CT molecular complexity index is 685. The summed E-state index contributed by atoms with van der Waals surface area (Å²) in [7, 11) is 1.72. The largest absolute Gasteiger partial charge is 0.428 e. The maximum absolute atomic E-state index is 12.6. The van der Waals surface area contributed by atoms with Gasteiger partial charge in [-0.2, -0.15) is 0 Å². The molecule has 1 aromatic carbocycles. The van der Waals surface area contributed by atoms with Gasteiger partial charge in [0, 0.05) is 7.05 Å². The first-order valence-electron chi connectivity index (χ1n) is 7.81. The number of hydrogen-bond acceptors (Lipinski definition) is 3. The fourth-order valence-corrected chi connectivity index (χ4v) is 2.85. The molecule has 4 heteroatoms. The summed E-state index contributed by atoms with van der Waals surface area (Å²) in [4.78, 5) is 26.4. The molecule has 1 aromatic rings. The van der Waals surface area contributed by atoms with E-state index in [0.29, 0.717) is 17.9 Å². The van der Waals surface area contributed by atoms with Gasteiger partial charge in [-0.3, -0.25) is 9.59 Å². The normalized spacial score (nSPS) is 15.4. The van der Waals surface area contributed by atoms with E-state index in [-0.39, 0.29) is 11.9 Å². The van der Waals surface area contributed by atoms with Crippen LogP contribution in [0.5, 0.6) is 0 Å². The molecule has 0 atom stereocenters. The summed E-state index contributed by atoms with van der Waals surface area (Å²) in [5.74, 6) is 0.0276. The zero-order chi connectivity index (χ0) is 17.5. The summed E-state index contributed by atoms with van der Waals surface area (Å²) in [6.45, 7) is 11.7. The second-order valence-electron chi connectivity index (χ2n) is 7.37. The number of carbonyl (C=O) groups excluding carboxylic acids is 2. The van der Waals surface area contributed by atoms with Crippen molar-refractivity contribution in [3.05, 3.63) is 40.1 Å². The van der Waals surface area contributed by atoms with Crippen LogP contribution >= 0.6 is 0 Å². The van der Waals surface area contributed by atoms with Crippen molar-refractivity contribution >= 4 is 17.4 Å². The van der Waals surface area contributed by atoms with Gasteiger partial charge in [-0.25, -0.2) is 0 Å². The Morgan fingerprint density at radius 3 is 2.13 bits per heavy atom.